The number of esters is 1. The van der Waals surface area contributed by atoms with E-state index in [0.29, 0.717) is 28.1 Å². The average Bonchev–Trinajstić information content (AvgIpc) is 2.92. The Labute approximate surface area is 143 Å². The maximum absolute atomic E-state index is 11.9. The normalized spacial score (nSPS) is 10.5. The van der Waals surface area contributed by atoms with Crippen LogP contribution in [0, 0.1) is 6.92 Å². The molecule has 0 aliphatic carbocycles. The fraction of sp³-hybridized carbons (Fsp3) is 0.176. The van der Waals surface area contributed by atoms with Gasteiger partial charge >= 0.3 is 5.97 Å². The van der Waals surface area contributed by atoms with Crippen molar-refractivity contribution in [2.24, 2.45) is 0 Å². The number of aromatic nitrogens is 3. The number of methoxy groups -OCH3 is 1. The molecule has 1 aromatic carbocycles. The number of hydrogen-bond donors (Lipinski definition) is 2. The van der Waals surface area contributed by atoms with Gasteiger partial charge < -0.3 is 15.4 Å². The lowest BCUT2D eigenvalue weighted by molar-refractivity contribution is -0.114. The minimum Gasteiger partial charge on any atom is -0.465 e. The summed E-state index contributed by atoms with van der Waals surface area (Å²) in [6.45, 7) is 3.26. The molecule has 25 heavy (non-hydrogen) atoms. The van der Waals surface area contributed by atoms with Crippen molar-refractivity contribution in [2.45, 2.75) is 13.8 Å². The minimum atomic E-state index is -0.429. The number of nitrogens with zero attached hydrogens (tertiary/aromatic N) is 3. The lowest BCUT2D eigenvalue weighted by Gasteiger charge is -2.09. The monoisotopic (exact) mass is 339 g/mol. The van der Waals surface area contributed by atoms with Crippen LogP contribution in [0.15, 0.2) is 36.8 Å². The highest BCUT2D eigenvalue weighted by atomic mass is 16.5. The number of benzene rings is 1. The molecule has 0 saturated carbocycles. The smallest absolute Gasteiger partial charge is 0.339 e. The lowest BCUT2D eigenvalue weighted by Crippen LogP contribution is -2.06. The third-order valence-electron chi connectivity index (χ3n) is 3.68. The third kappa shape index (κ3) is 3.27. The van der Waals surface area contributed by atoms with Crippen LogP contribution in [0.5, 0.6) is 0 Å². The van der Waals surface area contributed by atoms with Crippen molar-refractivity contribution < 1.29 is 14.3 Å². The molecular formula is C17H17N5O3. The Bertz CT molecular complexity index is 964. The van der Waals surface area contributed by atoms with E-state index in [2.05, 4.69) is 20.7 Å². The van der Waals surface area contributed by atoms with Crippen molar-refractivity contribution in [1.82, 2.24) is 14.6 Å². The Morgan fingerprint density at radius 1 is 1.24 bits per heavy atom. The van der Waals surface area contributed by atoms with Crippen LogP contribution in [0.2, 0.25) is 0 Å². The SMILES string of the molecule is COC(=O)c1cn2ncnc(Nc3cccc(NC(C)=O)c3)c2c1C. The highest BCUT2D eigenvalue weighted by Crippen LogP contribution is 2.26. The highest BCUT2D eigenvalue weighted by Gasteiger charge is 2.18. The predicted octanol–water partition coefficient (Wildman–Crippen LogP) is 2.53. The van der Waals surface area contributed by atoms with E-state index in [-0.39, 0.29) is 5.91 Å². The first-order chi connectivity index (χ1) is 12.0. The Balaban J connectivity index is 2.01. The molecule has 3 rings (SSSR count). The molecule has 3 aromatic rings. The first-order valence-corrected chi connectivity index (χ1v) is 7.55. The number of nitrogens with one attached hydrogen (secondary N) is 2. The van der Waals surface area contributed by atoms with Gasteiger partial charge in [0.1, 0.15) is 11.8 Å². The number of aryl methyl sites for hydroxylation is 1. The molecular weight excluding hydrogens is 322 g/mol. The first-order valence-electron chi connectivity index (χ1n) is 7.55. The average molecular weight is 339 g/mol. The molecule has 0 radical (unpaired) electrons. The van der Waals surface area contributed by atoms with E-state index in [1.165, 1.54) is 20.4 Å². The number of hydrogen-bond acceptors (Lipinski definition) is 6. The van der Waals surface area contributed by atoms with Crippen molar-refractivity contribution in [3.63, 3.8) is 0 Å². The largest absolute Gasteiger partial charge is 0.465 e. The summed E-state index contributed by atoms with van der Waals surface area (Å²) in [5.74, 6) is -0.0315. The second-order valence-corrected chi connectivity index (χ2v) is 5.45. The zero-order valence-electron chi connectivity index (χ0n) is 14.0. The van der Waals surface area contributed by atoms with Crippen LogP contribution in [0.3, 0.4) is 0 Å². The Morgan fingerprint density at radius 3 is 2.72 bits per heavy atom. The van der Waals surface area contributed by atoms with E-state index < -0.39 is 5.97 Å². The van der Waals surface area contributed by atoms with Gasteiger partial charge in [-0.05, 0) is 30.7 Å². The first kappa shape index (κ1) is 16.4. The van der Waals surface area contributed by atoms with E-state index in [9.17, 15) is 9.59 Å². The molecule has 2 aromatic heterocycles. The maximum Gasteiger partial charge on any atom is 0.339 e. The number of anilines is 3. The molecule has 0 saturated heterocycles. The molecule has 128 valence electrons. The molecule has 0 bridgehead atoms. The van der Waals surface area contributed by atoms with Gasteiger partial charge in [0.2, 0.25) is 5.91 Å². The van der Waals surface area contributed by atoms with Gasteiger partial charge in [0.15, 0.2) is 5.82 Å². The molecule has 0 aliphatic rings. The highest BCUT2D eigenvalue weighted by molar-refractivity contribution is 5.95. The molecule has 0 spiro atoms. The van der Waals surface area contributed by atoms with Crippen LogP contribution >= 0.6 is 0 Å². The quantitative estimate of drug-likeness (QED) is 0.709. The summed E-state index contributed by atoms with van der Waals surface area (Å²) in [5, 5.41) is 10.1. The van der Waals surface area contributed by atoms with Gasteiger partial charge in [0.05, 0.1) is 12.7 Å². The topological polar surface area (TPSA) is 97.6 Å². The standard InChI is InChI=1S/C17H17N5O3/c1-10-14(17(24)25-3)8-22-15(10)16(18-9-19-22)21-13-6-4-5-12(7-13)20-11(2)23/h4-9H,1-3H3,(H,20,23)(H,18,19,21). The number of carbonyl (C=O) groups excluding carboxylic acids is 2. The summed E-state index contributed by atoms with van der Waals surface area (Å²) in [6, 6.07) is 7.25. The summed E-state index contributed by atoms with van der Waals surface area (Å²) in [5.41, 5.74) is 3.23. The van der Waals surface area contributed by atoms with E-state index in [4.69, 9.17) is 4.74 Å². The summed E-state index contributed by atoms with van der Waals surface area (Å²) in [4.78, 5) is 27.3. The zero-order chi connectivity index (χ0) is 18.0. The van der Waals surface area contributed by atoms with Crippen LogP contribution in [0.25, 0.3) is 5.52 Å². The Morgan fingerprint density at radius 2 is 2.00 bits per heavy atom. The molecule has 8 nitrogen and oxygen atoms in total. The predicted molar refractivity (Wildman–Crippen MR) is 93.1 cm³/mol. The zero-order valence-corrected chi connectivity index (χ0v) is 14.0. The van der Waals surface area contributed by atoms with Gasteiger partial charge in [-0.1, -0.05) is 6.07 Å². The molecule has 0 unspecified atom stereocenters. The van der Waals surface area contributed by atoms with Gasteiger partial charge in [-0.3, -0.25) is 4.79 Å². The number of amides is 1. The Kier molecular flexibility index (Phi) is 4.34. The molecule has 8 heteroatoms. The molecule has 2 N–H and O–H groups in total. The van der Waals surface area contributed by atoms with E-state index in [0.717, 1.165) is 5.69 Å². The van der Waals surface area contributed by atoms with Crippen molar-refractivity contribution in [2.75, 3.05) is 17.7 Å². The third-order valence-corrected chi connectivity index (χ3v) is 3.68. The van der Waals surface area contributed by atoms with Crippen molar-refractivity contribution in [3.8, 4) is 0 Å². The van der Waals surface area contributed by atoms with E-state index in [1.807, 2.05) is 19.1 Å². The fourth-order valence-corrected chi connectivity index (χ4v) is 2.58. The van der Waals surface area contributed by atoms with Crippen molar-refractivity contribution >= 4 is 34.6 Å². The Hall–Kier alpha value is -3.42. The van der Waals surface area contributed by atoms with Gasteiger partial charge in [-0.2, -0.15) is 5.10 Å². The van der Waals surface area contributed by atoms with Crippen LogP contribution in [-0.2, 0) is 9.53 Å². The van der Waals surface area contributed by atoms with Crippen LogP contribution in [-0.4, -0.2) is 33.6 Å². The van der Waals surface area contributed by atoms with Crippen molar-refractivity contribution in [3.05, 3.63) is 47.9 Å². The molecule has 0 atom stereocenters. The molecule has 2 heterocycles. The van der Waals surface area contributed by atoms with Crippen LogP contribution < -0.4 is 10.6 Å². The number of rotatable bonds is 4. The second kappa shape index (κ2) is 6.60. The minimum absolute atomic E-state index is 0.147. The lowest BCUT2D eigenvalue weighted by atomic mass is 10.2. The summed E-state index contributed by atoms with van der Waals surface area (Å²) < 4.78 is 6.37. The summed E-state index contributed by atoms with van der Waals surface area (Å²) in [6.07, 6.45) is 3.00. The van der Waals surface area contributed by atoms with Crippen molar-refractivity contribution in [1.29, 1.82) is 0 Å². The van der Waals surface area contributed by atoms with E-state index in [1.54, 1.807) is 22.8 Å². The van der Waals surface area contributed by atoms with Gasteiger partial charge in [0.25, 0.3) is 0 Å². The molecule has 0 aliphatic heterocycles. The van der Waals surface area contributed by atoms with Gasteiger partial charge in [-0.25, -0.2) is 14.3 Å². The molecule has 0 fully saturated rings. The number of fused-ring (bicyclic) bond motifs is 1. The maximum atomic E-state index is 11.9. The van der Waals surface area contributed by atoms with E-state index >= 15 is 0 Å². The number of ether oxygens (including phenoxy) is 1. The number of carbonyl (C=O) groups is 2. The summed E-state index contributed by atoms with van der Waals surface area (Å²) >= 11 is 0. The van der Waals surface area contributed by atoms with Crippen LogP contribution in [0.4, 0.5) is 17.2 Å². The van der Waals surface area contributed by atoms with Crippen LogP contribution in [0.1, 0.15) is 22.8 Å². The second-order valence-electron chi connectivity index (χ2n) is 5.45. The fourth-order valence-electron chi connectivity index (χ4n) is 2.58. The molecule has 1 amide bonds. The summed E-state index contributed by atoms with van der Waals surface area (Å²) in [7, 11) is 1.34. The van der Waals surface area contributed by atoms with Gasteiger partial charge in [-0.15, -0.1) is 0 Å². The van der Waals surface area contributed by atoms with Gasteiger partial charge in [0, 0.05) is 24.5 Å².